The molecule has 2 fully saturated rings. The van der Waals surface area contributed by atoms with Crippen molar-refractivity contribution in [2.75, 3.05) is 23.3 Å². The first-order valence-corrected chi connectivity index (χ1v) is 12.5. The number of fused-ring (bicyclic) bond motifs is 1. The van der Waals surface area contributed by atoms with Crippen LogP contribution in [0.15, 0.2) is 47.4 Å². The van der Waals surface area contributed by atoms with Crippen molar-refractivity contribution >= 4 is 40.2 Å². The second-order valence-corrected chi connectivity index (χ2v) is 10.00. The molecule has 0 spiro atoms. The lowest BCUT2D eigenvalue weighted by atomic mass is 10.0. The van der Waals surface area contributed by atoms with Gasteiger partial charge in [0, 0.05) is 43.5 Å². The normalized spacial score (nSPS) is 19.7. The second-order valence-electron chi connectivity index (χ2n) is 10.00. The van der Waals surface area contributed by atoms with Gasteiger partial charge in [0.2, 0.25) is 11.3 Å². The molecule has 8 nitrogen and oxygen atoms in total. The van der Waals surface area contributed by atoms with Crippen LogP contribution < -0.4 is 21.0 Å². The average molecular weight is 523 g/mol. The van der Waals surface area contributed by atoms with Gasteiger partial charge in [-0.1, -0.05) is 30.3 Å². The minimum atomic E-state index is -1.51. The molecule has 2 aliphatic rings. The molecule has 1 aliphatic carbocycles. The summed E-state index contributed by atoms with van der Waals surface area (Å²) >= 11 is 0. The fourth-order valence-electron chi connectivity index (χ4n) is 5.12. The minimum absolute atomic E-state index is 0.0693. The molecule has 3 aromatic rings. The first kappa shape index (κ1) is 25.6. The van der Waals surface area contributed by atoms with Gasteiger partial charge in [0.15, 0.2) is 11.6 Å². The van der Waals surface area contributed by atoms with Crippen LogP contribution in [0.2, 0.25) is 0 Å². The van der Waals surface area contributed by atoms with Crippen LogP contribution in [0.1, 0.15) is 48.7 Å². The molecular formula is C28H28F2N4O4. The van der Waals surface area contributed by atoms with Crippen LogP contribution in [0.3, 0.4) is 0 Å². The molecule has 5 rings (SSSR count). The molecule has 1 aliphatic heterocycles. The summed E-state index contributed by atoms with van der Waals surface area (Å²) in [5.74, 6) is -4.31. The third-order valence-corrected chi connectivity index (χ3v) is 6.85. The summed E-state index contributed by atoms with van der Waals surface area (Å²) in [5, 5.41) is 14.9. The summed E-state index contributed by atoms with van der Waals surface area (Å²) in [6.07, 6.45) is 5.14. The number of nitrogens with one attached hydrogen (secondary N) is 2. The number of benzene rings is 2. The molecule has 0 bridgehead atoms. The Balaban J connectivity index is 1.73. The van der Waals surface area contributed by atoms with Crippen molar-refractivity contribution < 1.29 is 23.5 Å². The lowest BCUT2D eigenvalue weighted by molar-refractivity contribution is -0.111. The number of hydrogen-bond acceptors (Lipinski definition) is 5. The van der Waals surface area contributed by atoms with Crippen LogP contribution in [0.25, 0.3) is 17.0 Å². The van der Waals surface area contributed by atoms with Crippen molar-refractivity contribution in [3.63, 3.8) is 0 Å². The van der Waals surface area contributed by atoms with Crippen LogP contribution in [0.5, 0.6) is 0 Å². The van der Waals surface area contributed by atoms with E-state index in [4.69, 9.17) is 0 Å². The maximum absolute atomic E-state index is 16.3. The highest BCUT2D eigenvalue weighted by atomic mass is 19.1. The molecule has 2 heterocycles. The number of carboxylic acid groups (broad SMARTS) is 1. The smallest absolute Gasteiger partial charge is 0.341 e. The standard InChI is InChI=1S/C28H28F2N4O4/c1-15-12-33(13-16(2)31-15)26-22(29)24(32-20(35)11-8-17-6-4-3-5-7-17)21-25(23(26)30)34(18-9-10-18)14-19(27(21)36)28(37)38/h3-8,11,14-16,18,31H,9-10,12-13H2,1-2H3,(H,32,35)(H,37,38). The van der Waals surface area contributed by atoms with Gasteiger partial charge in [-0.3, -0.25) is 9.59 Å². The Morgan fingerprint density at radius 3 is 2.34 bits per heavy atom. The second kappa shape index (κ2) is 10.0. The third-order valence-electron chi connectivity index (χ3n) is 6.85. The minimum Gasteiger partial charge on any atom is -0.477 e. The highest BCUT2D eigenvalue weighted by molar-refractivity contribution is 6.09. The van der Waals surface area contributed by atoms with E-state index in [2.05, 4.69) is 10.6 Å². The molecule has 1 amide bonds. The highest BCUT2D eigenvalue weighted by Gasteiger charge is 2.35. The molecular weight excluding hydrogens is 494 g/mol. The van der Waals surface area contributed by atoms with E-state index in [9.17, 15) is 19.5 Å². The largest absolute Gasteiger partial charge is 0.477 e. The van der Waals surface area contributed by atoms with Crippen LogP contribution in [0, 0.1) is 11.6 Å². The van der Waals surface area contributed by atoms with Crippen molar-refractivity contribution in [3.05, 3.63) is 75.6 Å². The Labute approximate surface area is 217 Å². The highest BCUT2D eigenvalue weighted by Crippen LogP contribution is 2.42. The fraction of sp³-hybridized carbons (Fsp3) is 0.321. The lowest BCUT2D eigenvalue weighted by Crippen LogP contribution is -2.54. The van der Waals surface area contributed by atoms with Gasteiger partial charge in [0.05, 0.1) is 16.6 Å². The number of hydrogen-bond donors (Lipinski definition) is 3. The van der Waals surface area contributed by atoms with Gasteiger partial charge >= 0.3 is 5.97 Å². The molecule has 10 heteroatoms. The summed E-state index contributed by atoms with van der Waals surface area (Å²) in [6.45, 7) is 4.39. The molecule has 198 valence electrons. The number of nitrogens with zero attached hydrogens (tertiary/aromatic N) is 2. The van der Waals surface area contributed by atoms with Crippen LogP contribution in [-0.2, 0) is 4.79 Å². The number of aromatic nitrogens is 1. The van der Waals surface area contributed by atoms with Crippen molar-refractivity contribution in [2.24, 2.45) is 0 Å². The van der Waals surface area contributed by atoms with Crippen LogP contribution >= 0.6 is 0 Å². The number of rotatable bonds is 6. The molecule has 2 unspecified atom stereocenters. The quantitative estimate of drug-likeness (QED) is 0.421. The Kier molecular flexibility index (Phi) is 6.75. The number of carbonyl (C=O) groups excluding carboxylic acids is 1. The van der Waals surface area contributed by atoms with Gasteiger partial charge in [0.25, 0.3) is 0 Å². The number of aromatic carboxylic acids is 1. The molecule has 2 atom stereocenters. The van der Waals surface area contributed by atoms with Gasteiger partial charge in [-0.2, -0.15) is 0 Å². The molecule has 38 heavy (non-hydrogen) atoms. The van der Waals surface area contributed by atoms with Gasteiger partial charge < -0.3 is 25.2 Å². The number of piperazine rings is 1. The first-order valence-electron chi connectivity index (χ1n) is 12.5. The Hall–Kier alpha value is -4.05. The SMILES string of the molecule is CC1CN(c2c(F)c(NC(=O)C=Cc3ccccc3)c3c(=O)c(C(=O)O)cn(C4CC4)c3c2F)CC(C)N1. The van der Waals surface area contributed by atoms with E-state index in [1.165, 1.54) is 16.7 Å². The van der Waals surface area contributed by atoms with E-state index in [1.54, 1.807) is 29.2 Å². The number of amides is 1. The maximum Gasteiger partial charge on any atom is 0.341 e. The summed E-state index contributed by atoms with van der Waals surface area (Å²) < 4.78 is 33.9. The molecule has 3 N–H and O–H groups in total. The van der Waals surface area contributed by atoms with E-state index in [-0.39, 0.29) is 29.3 Å². The summed E-state index contributed by atoms with van der Waals surface area (Å²) in [7, 11) is 0. The number of carboxylic acids is 1. The van der Waals surface area contributed by atoms with E-state index in [0.717, 1.165) is 11.8 Å². The van der Waals surface area contributed by atoms with Gasteiger partial charge in [-0.25, -0.2) is 13.6 Å². The Morgan fingerprint density at radius 2 is 1.74 bits per heavy atom. The van der Waals surface area contributed by atoms with Crippen molar-refractivity contribution in [1.29, 1.82) is 0 Å². The van der Waals surface area contributed by atoms with Gasteiger partial charge in [0.1, 0.15) is 11.3 Å². The predicted molar refractivity (Wildman–Crippen MR) is 142 cm³/mol. The van der Waals surface area contributed by atoms with Crippen molar-refractivity contribution in [2.45, 2.75) is 44.8 Å². The van der Waals surface area contributed by atoms with Crippen molar-refractivity contribution in [1.82, 2.24) is 9.88 Å². The zero-order valence-corrected chi connectivity index (χ0v) is 21.0. The number of anilines is 2. The predicted octanol–water partition coefficient (Wildman–Crippen LogP) is 4.15. The Morgan fingerprint density at radius 1 is 1.08 bits per heavy atom. The van der Waals surface area contributed by atoms with Gasteiger partial charge in [-0.15, -0.1) is 0 Å². The van der Waals surface area contributed by atoms with Crippen LogP contribution in [0.4, 0.5) is 20.2 Å². The lowest BCUT2D eigenvalue weighted by Gasteiger charge is -2.38. The van der Waals surface area contributed by atoms with Crippen LogP contribution in [-0.4, -0.2) is 46.7 Å². The molecule has 2 aromatic carbocycles. The summed E-state index contributed by atoms with van der Waals surface area (Å²) in [4.78, 5) is 39.7. The zero-order chi connectivity index (χ0) is 27.1. The fourth-order valence-corrected chi connectivity index (χ4v) is 5.12. The molecule has 1 saturated carbocycles. The number of pyridine rings is 1. The van der Waals surface area contributed by atoms with Crippen molar-refractivity contribution in [3.8, 4) is 0 Å². The first-order chi connectivity index (χ1) is 18.2. The Bertz CT molecular complexity index is 1510. The summed E-state index contributed by atoms with van der Waals surface area (Å²) in [5.41, 5.74) is -2.04. The van der Waals surface area contributed by atoms with E-state index in [0.29, 0.717) is 25.9 Å². The topological polar surface area (TPSA) is 104 Å². The number of halogens is 2. The summed E-state index contributed by atoms with van der Waals surface area (Å²) in [6, 6.07) is 8.58. The monoisotopic (exact) mass is 522 g/mol. The third kappa shape index (κ3) is 4.79. The molecule has 1 aromatic heterocycles. The average Bonchev–Trinajstić information content (AvgIpc) is 3.71. The van der Waals surface area contributed by atoms with E-state index in [1.807, 2.05) is 19.9 Å². The van der Waals surface area contributed by atoms with Gasteiger partial charge in [-0.05, 0) is 38.3 Å². The van der Waals surface area contributed by atoms with E-state index >= 15 is 8.78 Å². The van der Waals surface area contributed by atoms with E-state index < -0.39 is 45.6 Å². The molecule has 1 saturated heterocycles. The molecule has 0 radical (unpaired) electrons. The zero-order valence-electron chi connectivity index (χ0n) is 21.0. The number of carbonyl (C=O) groups is 2. The maximum atomic E-state index is 16.3.